The van der Waals surface area contributed by atoms with Gasteiger partial charge >= 0.3 is 0 Å². The van der Waals surface area contributed by atoms with E-state index in [2.05, 4.69) is 46.4 Å². The van der Waals surface area contributed by atoms with Gasteiger partial charge in [0.05, 0.1) is 0 Å². The van der Waals surface area contributed by atoms with Gasteiger partial charge in [0.2, 0.25) is 0 Å². The van der Waals surface area contributed by atoms with Gasteiger partial charge in [-0.2, -0.15) is 0 Å². The maximum atomic E-state index is 3.85. The third-order valence-corrected chi connectivity index (χ3v) is 4.12. The lowest BCUT2D eigenvalue weighted by molar-refractivity contribution is 0.159. The van der Waals surface area contributed by atoms with E-state index in [1.165, 1.54) is 25.7 Å². The van der Waals surface area contributed by atoms with Crippen LogP contribution in [0.2, 0.25) is 0 Å². The molecular formula is C15H26. The van der Waals surface area contributed by atoms with E-state index in [1.807, 2.05) is 0 Å². The van der Waals surface area contributed by atoms with Gasteiger partial charge in [-0.1, -0.05) is 38.5 Å². The molecule has 1 rings (SSSR count). The molecule has 0 heteroatoms. The predicted octanol–water partition coefficient (Wildman–Crippen LogP) is 5.12. The second-order valence-corrected chi connectivity index (χ2v) is 5.89. The van der Waals surface area contributed by atoms with E-state index in [-0.39, 0.29) is 0 Å². The summed E-state index contributed by atoms with van der Waals surface area (Å²) in [5.41, 5.74) is 2.55. The van der Waals surface area contributed by atoms with Gasteiger partial charge in [0.1, 0.15) is 0 Å². The van der Waals surface area contributed by atoms with E-state index in [0.29, 0.717) is 10.8 Å². The van der Waals surface area contributed by atoms with E-state index < -0.39 is 0 Å². The Bertz CT molecular complexity index is 257. The number of rotatable bonds is 4. The summed E-state index contributed by atoms with van der Waals surface area (Å²) in [6, 6.07) is 0. The van der Waals surface area contributed by atoms with Crippen LogP contribution in [0.1, 0.15) is 59.8 Å². The van der Waals surface area contributed by atoms with Crippen LogP contribution in [-0.4, -0.2) is 0 Å². The Morgan fingerprint density at radius 2 is 2.13 bits per heavy atom. The Morgan fingerprint density at radius 3 is 2.67 bits per heavy atom. The maximum absolute atomic E-state index is 3.85. The molecule has 0 saturated carbocycles. The minimum absolute atomic E-state index is 0.454. The van der Waals surface area contributed by atoms with Gasteiger partial charge in [0, 0.05) is 0 Å². The Balaban J connectivity index is 2.90. The number of allylic oxidation sites excluding steroid dienone is 3. The van der Waals surface area contributed by atoms with Crippen molar-refractivity contribution in [1.29, 1.82) is 0 Å². The van der Waals surface area contributed by atoms with Gasteiger partial charge in [-0.3, -0.25) is 0 Å². The lowest BCUT2D eigenvalue weighted by atomic mass is 9.61. The van der Waals surface area contributed by atoms with Gasteiger partial charge in [-0.25, -0.2) is 0 Å². The first kappa shape index (κ1) is 12.5. The molecule has 0 aromatic rings. The second kappa shape index (κ2) is 4.55. The van der Waals surface area contributed by atoms with E-state index in [1.54, 1.807) is 5.57 Å². The van der Waals surface area contributed by atoms with Gasteiger partial charge in [0.15, 0.2) is 0 Å². The molecular weight excluding hydrogens is 180 g/mol. The number of hydrogen-bond acceptors (Lipinski definition) is 0. The van der Waals surface area contributed by atoms with E-state index in [9.17, 15) is 0 Å². The van der Waals surface area contributed by atoms with Gasteiger partial charge in [0.25, 0.3) is 0 Å². The second-order valence-electron chi connectivity index (χ2n) is 5.89. The maximum Gasteiger partial charge on any atom is -0.00853 e. The predicted molar refractivity (Wildman–Crippen MR) is 68.9 cm³/mol. The Kier molecular flexibility index (Phi) is 3.81. The normalized spacial score (nSPS) is 29.7. The van der Waals surface area contributed by atoms with Crippen LogP contribution in [0, 0.1) is 10.8 Å². The molecule has 0 amide bonds. The summed E-state index contributed by atoms with van der Waals surface area (Å²) in [6.45, 7) is 13.3. The van der Waals surface area contributed by atoms with Crippen molar-refractivity contribution < 1.29 is 0 Å². The van der Waals surface area contributed by atoms with Crippen molar-refractivity contribution in [3.8, 4) is 0 Å². The van der Waals surface area contributed by atoms with E-state index in [4.69, 9.17) is 0 Å². The molecule has 1 aliphatic carbocycles. The van der Waals surface area contributed by atoms with Crippen LogP contribution in [0.4, 0.5) is 0 Å². The minimum atomic E-state index is 0.454. The molecule has 1 atom stereocenters. The van der Waals surface area contributed by atoms with Crippen molar-refractivity contribution in [2.45, 2.75) is 59.8 Å². The third kappa shape index (κ3) is 2.74. The molecule has 1 unspecified atom stereocenters. The highest BCUT2D eigenvalue weighted by Gasteiger charge is 2.38. The largest absolute Gasteiger partial charge is 0.103 e. The fourth-order valence-corrected chi connectivity index (χ4v) is 3.02. The van der Waals surface area contributed by atoms with Gasteiger partial charge in [-0.15, -0.1) is 6.58 Å². The summed E-state index contributed by atoms with van der Waals surface area (Å²) in [6.07, 6.45) is 10.8. The molecule has 86 valence electrons. The number of hydrogen-bond donors (Lipinski definition) is 0. The zero-order valence-corrected chi connectivity index (χ0v) is 10.9. The van der Waals surface area contributed by atoms with Gasteiger partial charge < -0.3 is 0 Å². The summed E-state index contributed by atoms with van der Waals surface area (Å²) in [7, 11) is 0. The SMILES string of the molecule is C=CCCC1(CC)CC(C)(C)CC=C1C. The zero-order chi connectivity index (χ0) is 11.5. The van der Waals surface area contributed by atoms with Crippen LogP contribution in [0.25, 0.3) is 0 Å². The molecule has 0 heterocycles. The van der Waals surface area contributed by atoms with Gasteiger partial charge in [-0.05, 0) is 49.9 Å². The molecule has 0 saturated heterocycles. The molecule has 1 aliphatic rings. The van der Waals surface area contributed by atoms with Crippen LogP contribution >= 0.6 is 0 Å². The lowest BCUT2D eigenvalue weighted by Crippen LogP contribution is -2.32. The highest BCUT2D eigenvalue weighted by molar-refractivity contribution is 5.18. The van der Waals surface area contributed by atoms with Crippen LogP contribution in [-0.2, 0) is 0 Å². The Labute approximate surface area is 95.5 Å². The van der Waals surface area contributed by atoms with Crippen molar-refractivity contribution in [3.05, 3.63) is 24.3 Å². The molecule has 0 aromatic carbocycles. The molecule has 0 radical (unpaired) electrons. The molecule has 0 bridgehead atoms. The fraction of sp³-hybridized carbons (Fsp3) is 0.733. The minimum Gasteiger partial charge on any atom is -0.103 e. The van der Waals surface area contributed by atoms with E-state index in [0.717, 1.165) is 6.42 Å². The Hall–Kier alpha value is -0.520. The quantitative estimate of drug-likeness (QED) is 0.560. The van der Waals surface area contributed by atoms with Crippen LogP contribution < -0.4 is 0 Å². The van der Waals surface area contributed by atoms with Crippen molar-refractivity contribution in [1.82, 2.24) is 0 Å². The van der Waals surface area contributed by atoms with Crippen LogP contribution in [0.15, 0.2) is 24.3 Å². The average Bonchev–Trinajstić information content (AvgIpc) is 2.19. The molecule has 0 N–H and O–H groups in total. The summed E-state index contributed by atoms with van der Waals surface area (Å²) < 4.78 is 0. The topological polar surface area (TPSA) is 0 Å². The van der Waals surface area contributed by atoms with Crippen LogP contribution in [0.5, 0.6) is 0 Å². The Morgan fingerprint density at radius 1 is 1.47 bits per heavy atom. The van der Waals surface area contributed by atoms with E-state index >= 15 is 0 Å². The van der Waals surface area contributed by atoms with Crippen molar-refractivity contribution in [3.63, 3.8) is 0 Å². The fourth-order valence-electron chi connectivity index (χ4n) is 3.02. The molecule has 0 fully saturated rings. The summed E-state index contributed by atoms with van der Waals surface area (Å²) >= 11 is 0. The van der Waals surface area contributed by atoms with Crippen molar-refractivity contribution in [2.75, 3.05) is 0 Å². The zero-order valence-electron chi connectivity index (χ0n) is 10.9. The van der Waals surface area contributed by atoms with Crippen LogP contribution in [0.3, 0.4) is 0 Å². The first-order chi connectivity index (χ1) is 6.96. The first-order valence-corrected chi connectivity index (χ1v) is 6.24. The summed E-state index contributed by atoms with van der Waals surface area (Å²) in [5.74, 6) is 0. The molecule has 0 aromatic heterocycles. The van der Waals surface area contributed by atoms with Crippen molar-refractivity contribution >= 4 is 0 Å². The standard InChI is InChI=1S/C15H26/c1-6-8-10-15(7-2)12-14(4,5)11-9-13(15)3/h6,9H,1,7-8,10-12H2,2-5H3. The monoisotopic (exact) mass is 206 g/mol. The highest BCUT2D eigenvalue weighted by atomic mass is 14.4. The molecule has 15 heavy (non-hydrogen) atoms. The first-order valence-electron chi connectivity index (χ1n) is 6.24. The lowest BCUT2D eigenvalue weighted by Gasteiger charge is -2.44. The third-order valence-electron chi connectivity index (χ3n) is 4.12. The molecule has 0 nitrogen and oxygen atoms in total. The highest BCUT2D eigenvalue weighted by Crippen LogP contribution is 2.50. The smallest absolute Gasteiger partial charge is 0.00853 e. The van der Waals surface area contributed by atoms with Crippen molar-refractivity contribution in [2.24, 2.45) is 10.8 Å². The molecule has 0 aliphatic heterocycles. The summed E-state index contributed by atoms with van der Waals surface area (Å²) in [4.78, 5) is 0. The summed E-state index contributed by atoms with van der Waals surface area (Å²) in [5, 5.41) is 0. The molecule has 0 spiro atoms. The average molecular weight is 206 g/mol.